The molecule has 3 aromatic rings. The topological polar surface area (TPSA) is 105 Å². The molecule has 0 fully saturated rings. The van der Waals surface area contributed by atoms with Gasteiger partial charge in [-0.2, -0.15) is 0 Å². The van der Waals surface area contributed by atoms with Crippen molar-refractivity contribution >= 4 is 33.2 Å². The Balaban J connectivity index is 1.67. The number of aliphatic hydroxyl groups is 1. The number of nitrogen functional groups attached to an aromatic ring is 1. The summed E-state index contributed by atoms with van der Waals surface area (Å²) in [6, 6.07) is 21.1. The number of aliphatic hydroxyl groups excluding tert-OH is 1. The number of aromatic hydroxyl groups is 1. The van der Waals surface area contributed by atoms with E-state index in [9.17, 15) is 15.0 Å². The van der Waals surface area contributed by atoms with Crippen LogP contribution in [0.5, 0.6) is 11.5 Å². The third-order valence-corrected chi connectivity index (χ3v) is 5.29. The van der Waals surface area contributed by atoms with E-state index in [2.05, 4.69) is 21.2 Å². The minimum Gasteiger partial charge on any atom is -0.508 e. The molecule has 0 aromatic heterocycles. The van der Waals surface area contributed by atoms with Gasteiger partial charge in [-0.15, -0.1) is 0 Å². The molecule has 6 nitrogen and oxygen atoms in total. The Morgan fingerprint density at radius 2 is 1.81 bits per heavy atom. The first-order chi connectivity index (χ1) is 15.4. The number of hydrogen-bond donors (Lipinski definition) is 4. The standard InChI is InChI=1S/C25H25BrN2O4/c26-17-14-15-22(29)19(16-17)25(31)23(32-18-8-2-1-3-9-18)12-6-7-13-24(30)28-21-11-5-4-10-20(21)27/h1-5,7-11,13-16,23,25,29,31H,6,12,27H2,(H,28,30)/b13-7+/t23-,25-/m1/s1. The van der Waals surface area contributed by atoms with Gasteiger partial charge in [0, 0.05) is 10.0 Å². The minimum atomic E-state index is -1.07. The smallest absolute Gasteiger partial charge is 0.248 e. The summed E-state index contributed by atoms with van der Waals surface area (Å²) in [5, 5.41) is 23.9. The van der Waals surface area contributed by atoms with Crippen molar-refractivity contribution in [3.63, 3.8) is 0 Å². The van der Waals surface area contributed by atoms with Gasteiger partial charge in [0.15, 0.2) is 0 Å². The van der Waals surface area contributed by atoms with Gasteiger partial charge in [-0.3, -0.25) is 4.79 Å². The SMILES string of the molecule is Nc1ccccc1NC(=O)/C=C/CC[C@@H](Oc1ccccc1)[C@H](O)c1cc(Br)ccc1O. The Kier molecular flexibility index (Phi) is 8.30. The van der Waals surface area contributed by atoms with Gasteiger partial charge in [-0.05, 0) is 61.4 Å². The Bertz CT molecular complexity index is 1070. The van der Waals surface area contributed by atoms with Gasteiger partial charge < -0.3 is 26.0 Å². The lowest BCUT2D eigenvalue weighted by Crippen LogP contribution is -2.25. The molecular formula is C25H25BrN2O4. The van der Waals surface area contributed by atoms with E-state index in [0.29, 0.717) is 35.5 Å². The number of amides is 1. The fraction of sp³-hybridized carbons (Fsp3) is 0.160. The van der Waals surface area contributed by atoms with Crippen LogP contribution in [0.25, 0.3) is 0 Å². The number of carbonyl (C=O) groups excluding carboxylic acids is 1. The zero-order valence-corrected chi connectivity index (χ0v) is 18.9. The molecule has 3 rings (SSSR count). The van der Waals surface area contributed by atoms with Gasteiger partial charge in [0.25, 0.3) is 0 Å². The number of phenolic OH excluding ortho intramolecular Hbond substituents is 1. The fourth-order valence-electron chi connectivity index (χ4n) is 3.15. The molecule has 0 aliphatic carbocycles. The zero-order valence-electron chi connectivity index (χ0n) is 17.3. The first-order valence-corrected chi connectivity index (χ1v) is 10.9. The monoisotopic (exact) mass is 496 g/mol. The van der Waals surface area contributed by atoms with Crippen LogP contribution in [0.15, 0.2) is 89.4 Å². The average molecular weight is 497 g/mol. The van der Waals surface area contributed by atoms with Crippen molar-refractivity contribution in [2.45, 2.75) is 25.0 Å². The Labute approximate surface area is 195 Å². The number of halogens is 1. The molecule has 0 aliphatic rings. The van der Waals surface area contributed by atoms with Crippen molar-refractivity contribution in [1.29, 1.82) is 0 Å². The molecule has 166 valence electrons. The maximum atomic E-state index is 12.2. The number of para-hydroxylation sites is 3. The molecule has 0 saturated carbocycles. The van der Waals surface area contributed by atoms with E-state index in [1.54, 1.807) is 54.6 Å². The average Bonchev–Trinajstić information content (AvgIpc) is 2.79. The highest BCUT2D eigenvalue weighted by molar-refractivity contribution is 9.10. The van der Waals surface area contributed by atoms with Crippen LogP contribution in [0.4, 0.5) is 11.4 Å². The third-order valence-electron chi connectivity index (χ3n) is 4.80. The highest BCUT2D eigenvalue weighted by Gasteiger charge is 2.25. The molecule has 1 amide bonds. The van der Waals surface area contributed by atoms with Crippen molar-refractivity contribution in [3.05, 3.63) is 95.0 Å². The predicted molar refractivity (Wildman–Crippen MR) is 129 cm³/mol. The molecule has 2 atom stereocenters. The van der Waals surface area contributed by atoms with Gasteiger partial charge in [-0.1, -0.05) is 52.3 Å². The molecule has 0 aliphatic heterocycles. The van der Waals surface area contributed by atoms with Crippen molar-refractivity contribution in [2.75, 3.05) is 11.1 Å². The van der Waals surface area contributed by atoms with Crippen molar-refractivity contribution in [2.24, 2.45) is 0 Å². The van der Waals surface area contributed by atoms with E-state index >= 15 is 0 Å². The van der Waals surface area contributed by atoms with E-state index < -0.39 is 12.2 Å². The Hall–Kier alpha value is -3.29. The van der Waals surface area contributed by atoms with Crippen LogP contribution >= 0.6 is 15.9 Å². The van der Waals surface area contributed by atoms with E-state index in [0.717, 1.165) is 4.47 Å². The van der Waals surface area contributed by atoms with Gasteiger partial charge in [0.1, 0.15) is 23.7 Å². The molecule has 0 bridgehead atoms. The highest BCUT2D eigenvalue weighted by Crippen LogP contribution is 2.32. The lowest BCUT2D eigenvalue weighted by molar-refractivity contribution is -0.111. The molecule has 32 heavy (non-hydrogen) atoms. The largest absolute Gasteiger partial charge is 0.508 e. The summed E-state index contributed by atoms with van der Waals surface area (Å²) >= 11 is 3.36. The molecule has 0 saturated heterocycles. The Morgan fingerprint density at radius 1 is 1.09 bits per heavy atom. The quantitative estimate of drug-likeness (QED) is 0.241. The summed E-state index contributed by atoms with van der Waals surface area (Å²) in [4.78, 5) is 12.2. The van der Waals surface area contributed by atoms with Crippen molar-refractivity contribution in [3.8, 4) is 11.5 Å². The first-order valence-electron chi connectivity index (χ1n) is 10.1. The maximum absolute atomic E-state index is 12.2. The number of allylic oxidation sites excluding steroid dienone is 1. The zero-order chi connectivity index (χ0) is 22.9. The second-order valence-corrected chi connectivity index (χ2v) is 8.09. The first kappa shape index (κ1) is 23.4. The number of phenols is 1. The predicted octanol–water partition coefficient (Wildman–Crippen LogP) is 5.19. The fourth-order valence-corrected chi connectivity index (χ4v) is 3.53. The van der Waals surface area contributed by atoms with Crippen LogP contribution in [0, 0.1) is 0 Å². The number of anilines is 2. The number of hydrogen-bond acceptors (Lipinski definition) is 5. The summed E-state index contributed by atoms with van der Waals surface area (Å²) in [5.74, 6) is 0.290. The van der Waals surface area contributed by atoms with Crippen LogP contribution in [0.2, 0.25) is 0 Å². The highest BCUT2D eigenvalue weighted by atomic mass is 79.9. The maximum Gasteiger partial charge on any atom is 0.248 e. The summed E-state index contributed by atoms with van der Waals surface area (Å²) in [5.41, 5.74) is 7.24. The second-order valence-electron chi connectivity index (χ2n) is 7.17. The molecule has 5 N–H and O–H groups in total. The van der Waals surface area contributed by atoms with Crippen molar-refractivity contribution in [1.82, 2.24) is 0 Å². The van der Waals surface area contributed by atoms with E-state index in [1.165, 1.54) is 12.1 Å². The normalized spacial score (nSPS) is 12.9. The van der Waals surface area contributed by atoms with Crippen LogP contribution in [0.3, 0.4) is 0 Å². The van der Waals surface area contributed by atoms with Gasteiger partial charge in [0.05, 0.1) is 11.4 Å². The minimum absolute atomic E-state index is 0.0160. The van der Waals surface area contributed by atoms with Gasteiger partial charge >= 0.3 is 0 Å². The van der Waals surface area contributed by atoms with E-state index in [1.807, 2.05) is 18.2 Å². The van der Waals surface area contributed by atoms with Crippen LogP contribution in [-0.4, -0.2) is 22.2 Å². The molecule has 3 aromatic carbocycles. The molecule has 0 unspecified atom stereocenters. The van der Waals surface area contributed by atoms with Crippen LogP contribution in [0.1, 0.15) is 24.5 Å². The lowest BCUT2D eigenvalue weighted by Gasteiger charge is -2.25. The second kappa shape index (κ2) is 11.4. The summed E-state index contributed by atoms with van der Waals surface area (Å²) < 4.78 is 6.75. The number of carbonyl (C=O) groups is 1. The number of rotatable bonds is 9. The summed E-state index contributed by atoms with van der Waals surface area (Å²) in [6.07, 6.45) is 2.31. The van der Waals surface area contributed by atoms with Crippen LogP contribution < -0.4 is 15.8 Å². The number of benzene rings is 3. The van der Waals surface area contributed by atoms with Gasteiger partial charge in [0.2, 0.25) is 5.91 Å². The van der Waals surface area contributed by atoms with E-state index in [-0.39, 0.29) is 11.7 Å². The number of nitrogens with two attached hydrogens (primary N) is 1. The molecule has 0 heterocycles. The number of nitrogens with one attached hydrogen (secondary N) is 1. The van der Waals surface area contributed by atoms with Crippen molar-refractivity contribution < 1.29 is 19.7 Å². The van der Waals surface area contributed by atoms with E-state index in [4.69, 9.17) is 10.5 Å². The lowest BCUT2D eigenvalue weighted by atomic mass is 9.99. The molecule has 0 radical (unpaired) electrons. The Morgan fingerprint density at radius 3 is 2.56 bits per heavy atom. The summed E-state index contributed by atoms with van der Waals surface area (Å²) in [6.45, 7) is 0. The third kappa shape index (κ3) is 6.60. The molecular weight excluding hydrogens is 472 g/mol. The van der Waals surface area contributed by atoms with Gasteiger partial charge in [-0.25, -0.2) is 0 Å². The molecule has 0 spiro atoms. The number of ether oxygens (including phenoxy) is 1. The van der Waals surface area contributed by atoms with Crippen LogP contribution in [-0.2, 0) is 4.79 Å². The summed E-state index contributed by atoms with van der Waals surface area (Å²) in [7, 11) is 0. The molecule has 7 heteroatoms.